The molecule has 0 saturated carbocycles. The van der Waals surface area contributed by atoms with Gasteiger partial charge in [-0.05, 0) is 42.8 Å². The predicted octanol–water partition coefficient (Wildman–Crippen LogP) is 4.45. The second-order valence-electron chi connectivity index (χ2n) is 7.35. The van der Waals surface area contributed by atoms with Gasteiger partial charge in [-0.25, -0.2) is 4.98 Å². The summed E-state index contributed by atoms with van der Waals surface area (Å²) in [7, 11) is 0. The van der Waals surface area contributed by atoms with Crippen molar-refractivity contribution in [2.75, 3.05) is 49.7 Å². The van der Waals surface area contributed by atoms with Crippen LogP contribution >= 0.6 is 11.3 Å². The van der Waals surface area contributed by atoms with Gasteiger partial charge in [-0.15, -0.1) is 11.3 Å². The van der Waals surface area contributed by atoms with E-state index in [1.54, 1.807) is 23.5 Å². The van der Waals surface area contributed by atoms with E-state index in [2.05, 4.69) is 22.5 Å². The number of ether oxygens (including phenoxy) is 3. The largest absolute Gasteiger partial charge is 0.494 e. The topological polar surface area (TPSA) is 72.9 Å². The third kappa shape index (κ3) is 5.99. The maximum Gasteiger partial charge on any atom is 0.262 e. The standard InChI is InChI=1S/C24H27N3O4S/c1-2-13-30-20-7-9-21(10-8-20)31-16-23(28)25-19-5-3-18(4-6-19)22-17-32-24(26-22)27-11-14-29-15-12-27/h3-10,17H,2,11-16H2,1H3,(H,25,28). The Balaban J connectivity index is 1.27. The molecule has 7 nitrogen and oxygen atoms in total. The predicted molar refractivity (Wildman–Crippen MR) is 127 cm³/mol. The number of benzene rings is 2. The Bertz CT molecular complexity index is 999. The average molecular weight is 454 g/mol. The summed E-state index contributed by atoms with van der Waals surface area (Å²) in [6, 6.07) is 14.9. The second-order valence-corrected chi connectivity index (χ2v) is 8.19. The van der Waals surface area contributed by atoms with Crippen molar-refractivity contribution in [1.29, 1.82) is 0 Å². The SMILES string of the molecule is CCCOc1ccc(OCC(=O)Nc2ccc(-c3csc(N4CCOCC4)n3)cc2)cc1. The number of anilines is 2. The first-order valence-electron chi connectivity index (χ1n) is 10.8. The summed E-state index contributed by atoms with van der Waals surface area (Å²) >= 11 is 1.64. The number of rotatable bonds is 9. The first kappa shape index (κ1) is 22.1. The van der Waals surface area contributed by atoms with Crippen molar-refractivity contribution in [3.05, 3.63) is 53.9 Å². The summed E-state index contributed by atoms with van der Waals surface area (Å²) < 4.78 is 16.5. The van der Waals surface area contributed by atoms with Gasteiger partial charge in [0.2, 0.25) is 0 Å². The quantitative estimate of drug-likeness (QED) is 0.516. The summed E-state index contributed by atoms with van der Waals surface area (Å²) in [5.41, 5.74) is 2.67. The van der Waals surface area contributed by atoms with Crippen LogP contribution in [0.4, 0.5) is 10.8 Å². The molecule has 32 heavy (non-hydrogen) atoms. The fourth-order valence-corrected chi connectivity index (χ4v) is 4.11. The number of thiazole rings is 1. The minimum absolute atomic E-state index is 0.0636. The lowest BCUT2D eigenvalue weighted by Crippen LogP contribution is -2.36. The second kappa shape index (κ2) is 11.0. The summed E-state index contributed by atoms with van der Waals surface area (Å²) in [5, 5.41) is 5.94. The first-order valence-corrected chi connectivity index (χ1v) is 11.6. The van der Waals surface area contributed by atoms with Gasteiger partial charge in [-0.1, -0.05) is 19.1 Å². The number of carbonyl (C=O) groups is 1. The molecule has 1 aromatic heterocycles. The Morgan fingerprint density at radius 1 is 1.06 bits per heavy atom. The van der Waals surface area contributed by atoms with E-state index in [-0.39, 0.29) is 12.5 Å². The van der Waals surface area contributed by atoms with Crippen LogP contribution in [0.5, 0.6) is 11.5 Å². The minimum atomic E-state index is -0.215. The van der Waals surface area contributed by atoms with Crippen LogP contribution in [0, 0.1) is 0 Å². The molecule has 0 atom stereocenters. The summed E-state index contributed by atoms with van der Waals surface area (Å²) in [5.74, 6) is 1.20. The van der Waals surface area contributed by atoms with Gasteiger partial charge < -0.3 is 24.4 Å². The number of nitrogens with zero attached hydrogens (tertiary/aromatic N) is 2. The minimum Gasteiger partial charge on any atom is -0.494 e. The molecule has 3 aromatic rings. The zero-order valence-electron chi connectivity index (χ0n) is 18.1. The number of hydrogen-bond acceptors (Lipinski definition) is 7. The number of nitrogens with one attached hydrogen (secondary N) is 1. The van der Waals surface area contributed by atoms with E-state index in [0.29, 0.717) is 18.0 Å². The molecule has 0 radical (unpaired) electrons. The van der Waals surface area contributed by atoms with Crippen LogP contribution in [0.1, 0.15) is 13.3 Å². The summed E-state index contributed by atoms with van der Waals surface area (Å²) in [4.78, 5) is 19.2. The highest BCUT2D eigenvalue weighted by atomic mass is 32.1. The van der Waals surface area contributed by atoms with E-state index >= 15 is 0 Å². The molecule has 2 aromatic carbocycles. The van der Waals surface area contributed by atoms with Gasteiger partial charge in [0, 0.05) is 29.7 Å². The Morgan fingerprint density at radius 3 is 2.44 bits per heavy atom. The highest BCUT2D eigenvalue weighted by Crippen LogP contribution is 2.28. The van der Waals surface area contributed by atoms with Crippen LogP contribution in [0.15, 0.2) is 53.9 Å². The maximum absolute atomic E-state index is 12.2. The van der Waals surface area contributed by atoms with Gasteiger partial charge in [-0.3, -0.25) is 4.79 Å². The number of morpholine rings is 1. The molecule has 4 rings (SSSR count). The molecule has 1 N–H and O–H groups in total. The normalized spacial score (nSPS) is 13.6. The van der Waals surface area contributed by atoms with Gasteiger partial charge >= 0.3 is 0 Å². The highest BCUT2D eigenvalue weighted by molar-refractivity contribution is 7.14. The van der Waals surface area contributed by atoms with E-state index in [1.807, 2.05) is 36.4 Å². The van der Waals surface area contributed by atoms with Crippen LogP contribution in [-0.4, -0.2) is 50.4 Å². The van der Waals surface area contributed by atoms with Crippen molar-refractivity contribution in [3.8, 4) is 22.8 Å². The van der Waals surface area contributed by atoms with Crippen LogP contribution in [-0.2, 0) is 9.53 Å². The zero-order chi connectivity index (χ0) is 22.2. The first-order chi connectivity index (χ1) is 15.7. The molecule has 0 unspecified atom stereocenters. The lowest BCUT2D eigenvalue weighted by molar-refractivity contribution is -0.118. The van der Waals surface area contributed by atoms with Crippen LogP contribution < -0.4 is 19.7 Å². The van der Waals surface area contributed by atoms with E-state index in [4.69, 9.17) is 19.2 Å². The van der Waals surface area contributed by atoms with Crippen molar-refractivity contribution >= 4 is 28.1 Å². The molecule has 1 amide bonds. The molecule has 2 heterocycles. The fourth-order valence-electron chi connectivity index (χ4n) is 3.22. The lowest BCUT2D eigenvalue weighted by atomic mass is 10.1. The van der Waals surface area contributed by atoms with Crippen molar-refractivity contribution in [2.45, 2.75) is 13.3 Å². The number of amides is 1. The van der Waals surface area contributed by atoms with Crippen molar-refractivity contribution in [3.63, 3.8) is 0 Å². The fraction of sp³-hybridized carbons (Fsp3) is 0.333. The molecular weight excluding hydrogens is 426 g/mol. The van der Waals surface area contributed by atoms with Gasteiger partial charge in [0.1, 0.15) is 11.5 Å². The monoisotopic (exact) mass is 453 g/mol. The van der Waals surface area contributed by atoms with E-state index in [0.717, 1.165) is 54.9 Å². The molecular formula is C24H27N3O4S. The van der Waals surface area contributed by atoms with Gasteiger partial charge in [0.25, 0.3) is 5.91 Å². The van der Waals surface area contributed by atoms with Crippen molar-refractivity contribution < 1.29 is 19.0 Å². The number of carbonyl (C=O) groups excluding carboxylic acids is 1. The molecule has 0 aliphatic carbocycles. The molecule has 0 spiro atoms. The summed E-state index contributed by atoms with van der Waals surface area (Å²) in [6.45, 7) is 5.90. The lowest BCUT2D eigenvalue weighted by Gasteiger charge is -2.26. The molecule has 1 aliphatic rings. The molecule has 8 heteroatoms. The molecule has 1 saturated heterocycles. The third-order valence-corrected chi connectivity index (χ3v) is 5.81. The van der Waals surface area contributed by atoms with E-state index in [1.165, 1.54) is 0 Å². The van der Waals surface area contributed by atoms with E-state index < -0.39 is 0 Å². The molecule has 1 aliphatic heterocycles. The zero-order valence-corrected chi connectivity index (χ0v) is 18.9. The average Bonchev–Trinajstić information content (AvgIpc) is 3.33. The summed E-state index contributed by atoms with van der Waals surface area (Å²) in [6.07, 6.45) is 0.957. The third-order valence-electron chi connectivity index (χ3n) is 4.90. The van der Waals surface area contributed by atoms with Crippen molar-refractivity contribution in [2.24, 2.45) is 0 Å². The van der Waals surface area contributed by atoms with Gasteiger partial charge in [0.05, 0.1) is 25.5 Å². The smallest absolute Gasteiger partial charge is 0.262 e. The van der Waals surface area contributed by atoms with Crippen molar-refractivity contribution in [1.82, 2.24) is 4.98 Å². The Hall–Kier alpha value is -3.10. The Kier molecular flexibility index (Phi) is 7.58. The Morgan fingerprint density at radius 2 is 1.75 bits per heavy atom. The maximum atomic E-state index is 12.2. The van der Waals surface area contributed by atoms with Gasteiger partial charge in [-0.2, -0.15) is 0 Å². The van der Waals surface area contributed by atoms with Crippen LogP contribution in [0.3, 0.4) is 0 Å². The van der Waals surface area contributed by atoms with Crippen LogP contribution in [0.25, 0.3) is 11.3 Å². The molecule has 0 bridgehead atoms. The highest BCUT2D eigenvalue weighted by Gasteiger charge is 2.15. The molecule has 168 valence electrons. The number of aromatic nitrogens is 1. The number of hydrogen-bond donors (Lipinski definition) is 1. The van der Waals surface area contributed by atoms with E-state index in [9.17, 15) is 4.79 Å². The Labute approximate surface area is 191 Å². The van der Waals surface area contributed by atoms with Gasteiger partial charge in [0.15, 0.2) is 11.7 Å². The van der Waals surface area contributed by atoms with Crippen LogP contribution in [0.2, 0.25) is 0 Å². The molecule has 1 fully saturated rings.